The maximum atomic E-state index is 11.6. The van der Waals surface area contributed by atoms with Gasteiger partial charge in [0, 0.05) is 74.2 Å². The molecule has 5 N–H and O–H groups in total. The minimum absolute atomic E-state index is 0.140. The Morgan fingerprint density at radius 3 is 2.48 bits per heavy atom. The number of carbonyl (C=O) groups is 1. The topological polar surface area (TPSA) is 108 Å². The van der Waals surface area contributed by atoms with E-state index in [2.05, 4.69) is 28.1 Å². The predicted octanol–water partition coefficient (Wildman–Crippen LogP) is 1.84. The summed E-state index contributed by atoms with van der Waals surface area (Å²) in [5.41, 5.74) is 12.3. The van der Waals surface area contributed by atoms with Crippen LogP contribution in [0.25, 0.3) is 27.6 Å². The third-order valence-corrected chi connectivity index (χ3v) is 5.51. The fourth-order valence-corrected chi connectivity index (χ4v) is 4.07. The predicted molar refractivity (Wildman–Crippen MR) is 117 cm³/mol. The second-order valence-electron chi connectivity index (χ2n) is 7.61. The van der Waals surface area contributed by atoms with Crippen LogP contribution in [0.1, 0.15) is 19.4 Å². The first-order valence-corrected chi connectivity index (χ1v) is 9.72. The Labute approximate surface area is 169 Å². The van der Waals surface area contributed by atoms with E-state index in [9.17, 15) is 4.79 Å². The number of benzene rings is 1. The number of nitrogens with two attached hydrogens (primary N) is 2. The zero-order valence-electron chi connectivity index (χ0n) is 17.1. The molecule has 0 saturated carbocycles. The number of hydrazine groups is 1. The van der Waals surface area contributed by atoms with Crippen molar-refractivity contribution in [2.75, 3.05) is 38.1 Å². The number of allylic oxidation sites excluding steroid dienone is 1. The summed E-state index contributed by atoms with van der Waals surface area (Å²) in [4.78, 5) is 23.9. The van der Waals surface area contributed by atoms with Crippen molar-refractivity contribution >= 4 is 39.2 Å². The van der Waals surface area contributed by atoms with Gasteiger partial charge >= 0.3 is 0 Å². The largest absolute Gasteiger partial charge is 0.401 e. The molecule has 0 radical (unpaired) electrons. The van der Waals surface area contributed by atoms with Crippen molar-refractivity contribution in [1.82, 2.24) is 19.9 Å². The lowest BCUT2D eigenvalue weighted by atomic mass is 10.1. The number of piperazine rings is 1. The van der Waals surface area contributed by atoms with Crippen LogP contribution in [-0.2, 0) is 4.79 Å². The number of hydrogen-bond acceptors (Lipinski definition) is 6. The van der Waals surface area contributed by atoms with Crippen LogP contribution in [0.15, 0.2) is 36.2 Å². The number of nitrogens with one attached hydrogen (secondary N) is 1. The van der Waals surface area contributed by atoms with Gasteiger partial charge in [0.1, 0.15) is 0 Å². The molecular weight excluding hydrogens is 366 g/mol. The maximum Gasteiger partial charge on any atom is 0.219 e. The van der Waals surface area contributed by atoms with E-state index in [0.717, 1.165) is 65.1 Å². The summed E-state index contributed by atoms with van der Waals surface area (Å²) in [6.45, 7) is 6.62. The van der Waals surface area contributed by atoms with Gasteiger partial charge in [-0.3, -0.25) is 9.78 Å². The second-order valence-corrected chi connectivity index (χ2v) is 7.61. The molecule has 1 aliphatic rings. The number of fused-ring (bicyclic) bond motifs is 3. The first kappa shape index (κ1) is 19.1. The Hall–Kier alpha value is -3.26. The van der Waals surface area contributed by atoms with Gasteiger partial charge in [-0.2, -0.15) is 0 Å². The van der Waals surface area contributed by atoms with E-state index in [1.807, 2.05) is 24.1 Å². The molecule has 1 amide bonds. The molecule has 1 saturated heterocycles. The quantitative estimate of drug-likeness (QED) is 0.463. The monoisotopic (exact) mass is 393 g/mol. The minimum atomic E-state index is 0.140. The summed E-state index contributed by atoms with van der Waals surface area (Å²) < 4.78 is 0. The first-order valence-electron chi connectivity index (χ1n) is 9.72. The van der Waals surface area contributed by atoms with Gasteiger partial charge in [0.05, 0.1) is 16.7 Å². The van der Waals surface area contributed by atoms with Crippen LogP contribution >= 0.6 is 0 Å². The molecule has 152 valence electrons. The highest BCUT2D eigenvalue weighted by Gasteiger charge is 2.20. The average molecular weight is 393 g/mol. The molecule has 8 heteroatoms. The molecule has 1 fully saturated rings. The summed E-state index contributed by atoms with van der Waals surface area (Å²) in [5.74, 6) is 6.09. The number of carbonyl (C=O) groups excluding carboxylic acids is 1. The van der Waals surface area contributed by atoms with Gasteiger partial charge in [0.15, 0.2) is 0 Å². The standard InChI is InChI=1S/C21H27N7O/c1-13(22)21(26(3)23)15-10-19-20(24-12-15)17-11-16(4-5-18(17)25-19)28-8-6-27(7-9-28)14(2)29/h4-5,10-12,25H,6-9,22-23H2,1-3H3/b21-13-. The van der Waals surface area contributed by atoms with Crippen molar-refractivity contribution in [2.45, 2.75) is 13.8 Å². The number of aromatic nitrogens is 2. The number of aromatic amines is 1. The Kier molecular flexibility index (Phi) is 4.79. The summed E-state index contributed by atoms with van der Waals surface area (Å²) in [6, 6.07) is 8.40. The summed E-state index contributed by atoms with van der Waals surface area (Å²) in [6.07, 6.45) is 1.81. The van der Waals surface area contributed by atoms with Gasteiger partial charge in [0.2, 0.25) is 5.91 Å². The molecule has 3 heterocycles. The molecule has 3 aromatic rings. The molecule has 0 aliphatic carbocycles. The van der Waals surface area contributed by atoms with Crippen molar-refractivity contribution < 1.29 is 4.79 Å². The average Bonchev–Trinajstić information content (AvgIpc) is 3.04. The van der Waals surface area contributed by atoms with Crippen molar-refractivity contribution in [3.63, 3.8) is 0 Å². The summed E-state index contributed by atoms with van der Waals surface area (Å²) in [7, 11) is 1.76. The van der Waals surface area contributed by atoms with E-state index in [1.165, 1.54) is 5.01 Å². The Morgan fingerprint density at radius 1 is 1.14 bits per heavy atom. The lowest BCUT2D eigenvalue weighted by Crippen LogP contribution is -2.48. The van der Waals surface area contributed by atoms with Crippen molar-refractivity contribution in [2.24, 2.45) is 11.6 Å². The van der Waals surface area contributed by atoms with Gasteiger partial charge in [0.25, 0.3) is 0 Å². The zero-order chi connectivity index (χ0) is 20.7. The van der Waals surface area contributed by atoms with E-state index >= 15 is 0 Å². The zero-order valence-corrected chi connectivity index (χ0v) is 17.1. The Bertz CT molecular complexity index is 1100. The van der Waals surface area contributed by atoms with Gasteiger partial charge < -0.3 is 25.5 Å². The molecule has 4 rings (SSSR count). The van der Waals surface area contributed by atoms with Crippen molar-refractivity contribution in [1.29, 1.82) is 0 Å². The summed E-state index contributed by atoms with van der Waals surface area (Å²) in [5, 5.41) is 2.59. The van der Waals surface area contributed by atoms with Gasteiger partial charge in [-0.15, -0.1) is 0 Å². The highest BCUT2D eigenvalue weighted by atomic mass is 16.2. The van der Waals surface area contributed by atoms with Crippen LogP contribution in [0.5, 0.6) is 0 Å². The molecule has 1 aromatic carbocycles. The van der Waals surface area contributed by atoms with Crippen LogP contribution in [0.4, 0.5) is 5.69 Å². The number of pyridine rings is 1. The van der Waals surface area contributed by atoms with Crippen LogP contribution in [-0.4, -0.2) is 59.0 Å². The summed E-state index contributed by atoms with van der Waals surface area (Å²) >= 11 is 0. The van der Waals surface area contributed by atoms with E-state index in [4.69, 9.17) is 16.6 Å². The molecule has 0 spiro atoms. The first-order chi connectivity index (χ1) is 13.8. The molecule has 0 unspecified atom stereocenters. The number of rotatable bonds is 3. The van der Waals surface area contributed by atoms with Gasteiger partial charge in [-0.1, -0.05) is 0 Å². The van der Waals surface area contributed by atoms with Gasteiger partial charge in [-0.25, -0.2) is 5.84 Å². The molecule has 0 bridgehead atoms. The number of nitrogens with zero attached hydrogens (tertiary/aromatic N) is 4. The SMILES string of the molecule is CC(=O)N1CCN(c2ccc3[nH]c4cc(/C(=C(\C)N)N(C)N)cnc4c3c2)CC1. The van der Waals surface area contributed by atoms with Crippen molar-refractivity contribution in [3.05, 3.63) is 41.7 Å². The molecular formula is C21H27N7O. The van der Waals surface area contributed by atoms with Crippen LogP contribution in [0, 0.1) is 0 Å². The number of anilines is 1. The van der Waals surface area contributed by atoms with Crippen molar-refractivity contribution in [3.8, 4) is 0 Å². The second kappa shape index (κ2) is 7.29. The molecule has 29 heavy (non-hydrogen) atoms. The van der Waals surface area contributed by atoms with E-state index < -0.39 is 0 Å². The molecule has 2 aromatic heterocycles. The molecule has 8 nitrogen and oxygen atoms in total. The highest BCUT2D eigenvalue weighted by molar-refractivity contribution is 6.06. The van der Waals surface area contributed by atoms with Crippen LogP contribution < -0.4 is 16.5 Å². The number of hydrogen-bond donors (Lipinski definition) is 3. The smallest absolute Gasteiger partial charge is 0.219 e. The molecule has 1 aliphatic heterocycles. The van der Waals surface area contributed by atoms with E-state index in [-0.39, 0.29) is 5.91 Å². The van der Waals surface area contributed by atoms with Crippen LogP contribution in [0.3, 0.4) is 0 Å². The lowest BCUT2D eigenvalue weighted by molar-refractivity contribution is -0.129. The van der Waals surface area contributed by atoms with E-state index in [0.29, 0.717) is 5.70 Å². The fraction of sp³-hybridized carbons (Fsp3) is 0.333. The number of amides is 1. The number of H-pyrrole nitrogens is 1. The minimum Gasteiger partial charge on any atom is -0.401 e. The van der Waals surface area contributed by atoms with Crippen LogP contribution in [0.2, 0.25) is 0 Å². The Balaban J connectivity index is 1.70. The maximum absolute atomic E-state index is 11.6. The third-order valence-electron chi connectivity index (χ3n) is 5.51. The fourth-order valence-electron chi connectivity index (χ4n) is 4.07. The third kappa shape index (κ3) is 3.47. The van der Waals surface area contributed by atoms with E-state index in [1.54, 1.807) is 14.0 Å². The van der Waals surface area contributed by atoms with Gasteiger partial charge in [-0.05, 0) is 31.2 Å². The molecule has 0 atom stereocenters. The normalized spacial score (nSPS) is 15.7. The Morgan fingerprint density at radius 2 is 1.86 bits per heavy atom. The highest BCUT2D eigenvalue weighted by Crippen LogP contribution is 2.30. The lowest BCUT2D eigenvalue weighted by Gasteiger charge is -2.35.